The first-order valence-electron chi connectivity index (χ1n) is 9.02. The van der Waals surface area contributed by atoms with Crippen molar-refractivity contribution in [2.45, 2.75) is 45.2 Å². The van der Waals surface area contributed by atoms with E-state index in [-0.39, 0.29) is 10.6 Å². The van der Waals surface area contributed by atoms with Gasteiger partial charge in [-0.3, -0.25) is 15.1 Å². The van der Waals surface area contributed by atoms with E-state index in [9.17, 15) is 10.1 Å². The lowest BCUT2D eigenvalue weighted by Crippen LogP contribution is -2.41. The van der Waals surface area contributed by atoms with Crippen molar-refractivity contribution in [2.75, 3.05) is 26.7 Å². The van der Waals surface area contributed by atoms with Gasteiger partial charge in [0.1, 0.15) is 0 Å². The van der Waals surface area contributed by atoms with E-state index in [1.165, 1.54) is 31.9 Å². The first-order valence-corrected chi connectivity index (χ1v) is 9.02. The molecular formula is C18H29N5O2. The molecule has 1 aliphatic rings. The van der Waals surface area contributed by atoms with E-state index in [2.05, 4.69) is 27.4 Å². The molecule has 0 spiro atoms. The summed E-state index contributed by atoms with van der Waals surface area (Å²) < 4.78 is 0. The lowest BCUT2D eigenvalue weighted by Gasteiger charge is -2.33. The van der Waals surface area contributed by atoms with Crippen LogP contribution in [0.15, 0.2) is 29.3 Å². The quantitative estimate of drug-likeness (QED) is 0.260. The van der Waals surface area contributed by atoms with Gasteiger partial charge in [0.25, 0.3) is 5.69 Å². The number of hydrogen-bond acceptors (Lipinski definition) is 4. The minimum absolute atomic E-state index is 0.109. The minimum atomic E-state index is -0.377. The number of likely N-dealkylation sites (tertiary alicyclic amines) is 1. The summed E-state index contributed by atoms with van der Waals surface area (Å²) >= 11 is 0. The van der Waals surface area contributed by atoms with Gasteiger partial charge in [0.15, 0.2) is 5.96 Å². The van der Waals surface area contributed by atoms with Crippen molar-refractivity contribution in [1.29, 1.82) is 0 Å². The molecular weight excluding hydrogens is 318 g/mol. The van der Waals surface area contributed by atoms with Gasteiger partial charge in [-0.1, -0.05) is 18.6 Å². The van der Waals surface area contributed by atoms with Gasteiger partial charge in [0.05, 0.1) is 4.92 Å². The Morgan fingerprint density at radius 1 is 1.40 bits per heavy atom. The average Bonchev–Trinajstić information content (AvgIpc) is 2.62. The number of non-ortho nitro benzene ring substituents is 1. The van der Waals surface area contributed by atoms with Crippen molar-refractivity contribution in [2.24, 2.45) is 4.99 Å². The fourth-order valence-electron chi connectivity index (χ4n) is 3.17. The maximum atomic E-state index is 10.8. The summed E-state index contributed by atoms with van der Waals surface area (Å²) in [6, 6.07) is 7.34. The summed E-state index contributed by atoms with van der Waals surface area (Å²) in [4.78, 5) is 17.2. The number of piperidine rings is 1. The molecule has 0 bridgehead atoms. The van der Waals surface area contributed by atoms with Gasteiger partial charge in [-0.25, -0.2) is 0 Å². The normalized spacial score (nSPS) is 18.8. The van der Waals surface area contributed by atoms with Crippen molar-refractivity contribution in [1.82, 2.24) is 15.5 Å². The van der Waals surface area contributed by atoms with Crippen LogP contribution in [0.4, 0.5) is 5.69 Å². The molecule has 1 saturated heterocycles. The molecule has 0 radical (unpaired) electrons. The monoisotopic (exact) mass is 347 g/mol. The third kappa shape index (κ3) is 6.34. The molecule has 1 aromatic carbocycles. The van der Waals surface area contributed by atoms with Gasteiger partial charge in [0, 0.05) is 44.9 Å². The Morgan fingerprint density at radius 3 is 2.96 bits per heavy atom. The second-order valence-electron chi connectivity index (χ2n) is 6.51. The molecule has 1 unspecified atom stereocenters. The van der Waals surface area contributed by atoms with Crippen LogP contribution in [-0.4, -0.2) is 48.5 Å². The van der Waals surface area contributed by atoms with E-state index in [4.69, 9.17) is 0 Å². The third-order valence-corrected chi connectivity index (χ3v) is 4.66. The molecule has 7 nitrogen and oxygen atoms in total. The lowest BCUT2D eigenvalue weighted by molar-refractivity contribution is -0.384. The number of nitro groups is 1. The van der Waals surface area contributed by atoms with Crippen LogP contribution in [0.2, 0.25) is 0 Å². The summed E-state index contributed by atoms with van der Waals surface area (Å²) in [7, 11) is 1.73. The second-order valence-corrected chi connectivity index (χ2v) is 6.51. The smallest absolute Gasteiger partial charge is 0.269 e. The average molecular weight is 347 g/mol. The van der Waals surface area contributed by atoms with Gasteiger partial charge < -0.3 is 15.5 Å². The molecule has 0 saturated carbocycles. The largest absolute Gasteiger partial charge is 0.356 e. The first kappa shape index (κ1) is 19.2. The van der Waals surface area contributed by atoms with Gasteiger partial charge in [-0.15, -0.1) is 0 Å². The first-order chi connectivity index (χ1) is 12.1. The van der Waals surface area contributed by atoms with Crippen LogP contribution < -0.4 is 10.6 Å². The van der Waals surface area contributed by atoms with Crippen molar-refractivity contribution in [3.05, 3.63) is 39.9 Å². The van der Waals surface area contributed by atoms with Crippen molar-refractivity contribution in [3.63, 3.8) is 0 Å². The molecule has 25 heavy (non-hydrogen) atoms. The van der Waals surface area contributed by atoms with Crippen LogP contribution >= 0.6 is 0 Å². The minimum Gasteiger partial charge on any atom is -0.356 e. The summed E-state index contributed by atoms with van der Waals surface area (Å²) in [5.74, 6) is 0.721. The van der Waals surface area contributed by atoms with Gasteiger partial charge in [-0.2, -0.15) is 0 Å². The van der Waals surface area contributed by atoms with Crippen molar-refractivity contribution < 1.29 is 4.92 Å². The third-order valence-electron chi connectivity index (χ3n) is 4.66. The molecule has 1 heterocycles. The molecule has 2 N–H and O–H groups in total. The van der Waals surface area contributed by atoms with E-state index >= 15 is 0 Å². The maximum Gasteiger partial charge on any atom is 0.269 e. The topological polar surface area (TPSA) is 82.8 Å². The Morgan fingerprint density at radius 2 is 2.24 bits per heavy atom. The van der Waals surface area contributed by atoms with E-state index in [1.807, 2.05) is 6.07 Å². The van der Waals surface area contributed by atoms with Gasteiger partial charge in [0.2, 0.25) is 0 Å². The van der Waals surface area contributed by atoms with Crippen LogP contribution in [0.25, 0.3) is 0 Å². The van der Waals surface area contributed by atoms with Crippen LogP contribution in [-0.2, 0) is 6.54 Å². The highest BCUT2D eigenvalue weighted by atomic mass is 16.6. The Balaban J connectivity index is 1.70. The van der Waals surface area contributed by atoms with Crippen LogP contribution in [0, 0.1) is 10.1 Å². The highest BCUT2D eigenvalue weighted by molar-refractivity contribution is 5.79. The highest BCUT2D eigenvalue weighted by Gasteiger charge is 2.17. The van der Waals surface area contributed by atoms with E-state index < -0.39 is 0 Å². The van der Waals surface area contributed by atoms with Crippen LogP contribution in [0.3, 0.4) is 0 Å². The van der Waals surface area contributed by atoms with Crippen LogP contribution in [0.1, 0.15) is 38.2 Å². The van der Waals surface area contributed by atoms with E-state index in [0.29, 0.717) is 12.6 Å². The predicted molar refractivity (Wildman–Crippen MR) is 101 cm³/mol. The number of hydrogen-bond donors (Lipinski definition) is 2. The molecule has 2 rings (SSSR count). The number of nitro benzene ring substituents is 1. The second kappa shape index (κ2) is 9.98. The van der Waals surface area contributed by atoms with Crippen molar-refractivity contribution in [3.8, 4) is 0 Å². The molecule has 1 fully saturated rings. The molecule has 1 aromatic rings. The predicted octanol–water partition coefficient (Wildman–Crippen LogP) is 2.52. The number of benzene rings is 1. The summed E-state index contributed by atoms with van der Waals surface area (Å²) in [5.41, 5.74) is 0.970. The summed E-state index contributed by atoms with van der Waals surface area (Å²) in [5, 5.41) is 17.3. The van der Waals surface area contributed by atoms with Crippen LogP contribution in [0.5, 0.6) is 0 Å². The Labute approximate surface area is 149 Å². The number of nitrogens with one attached hydrogen (secondary N) is 2. The van der Waals surface area contributed by atoms with E-state index in [0.717, 1.165) is 31.0 Å². The SMILES string of the molecule is CN=C(NCCCN1CCCCC1C)NCc1cccc([N+](=O)[O-])c1. The Hall–Kier alpha value is -2.15. The fourth-order valence-corrected chi connectivity index (χ4v) is 3.17. The van der Waals surface area contributed by atoms with Crippen molar-refractivity contribution >= 4 is 11.6 Å². The molecule has 1 atom stereocenters. The number of nitrogens with zero attached hydrogens (tertiary/aromatic N) is 3. The van der Waals surface area contributed by atoms with E-state index in [1.54, 1.807) is 19.2 Å². The molecule has 0 amide bonds. The Bertz CT molecular complexity index is 591. The molecule has 0 aromatic heterocycles. The number of guanidine groups is 1. The zero-order valence-corrected chi connectivity index (χ0v) is 15.2. The fraction of sp³-hybridized carbons (Fsp3) is 0.611. The summed E-state index contributed by atoms with van der Waals surface area (Å²) in [6.07, 6.45) is 5.04. The standard InChI is InChI=1S/C18H29N5O2/c1-15-7-3-4-11-22(15)12-6-10-20-18(19-2)21-14-16-8-5-9-17(13-16)23(24)25/h5,8-9,13,15H,3-4,6-7,10-12,14H2,1-2H3,(H2,19,20,21). The molecule has 138 valence electrons. The lowest BCUT2D eigenvalue weighted by atomic mass is 10.0. The maximum absolute atomic E-state index is 10.8. The number of rotatable bonds is 7. The highest BCUT2D eigenvalue weighted by Crippen LogP contribution is 2.16. The number of aliphatic imine (C=N–C) groups is 1. The molecule has 0 aliphatic carbocycles. The summed E-state index contributed by atoms with van der Waals surface area (Å²) in [6.45, 7) is 5.99. The molecule has 1 aliphatic heterocycles. The Kier molecular flexibility index (Phi) is 7.66. The zero-order valence-electron chi connectivity index (χ0n) is 15.2. The molecule has 7 heteroatoms. The van der Waals surface area contributed by atoms with Gasteiger partial charge >= 0.3 is 0 Å². The zero-order chi connectivity index (χ0) is 18.1. The van der Waals surface area contributed by atoms with Gasteiger partial charge in [-0.05, 0) is 38.3 Å².